The number of morpholine rings is 1. The first-order valence-electron chi connectivity index (χ1n) is 7.00. The first-order valence-corrected chi connectivity index (χ1v) is 7.38. The normalized spacial score (nSPS) is 19.5. The van der Waals surface area contributed by atoms with Gasteiger partial charge in [0.25, 0.3) is 0 Å². The van der Waals surface area contributed by atoms with Crippen LogP contribution in [-0.2, 0) is 27.4 Å². The fourth-order valence-corrected chi connectivity index (χ4v) is 2.67. The molecule has 6 heteroatoms. The first-order chi connectivity index (χ1) is 10.1. The molecule has 1 aliphatic rings. The SMILES string of the molecule is COC(=O)CC1CN(Cc2ccc(CN)cc2Cl)CCO1. The predicted octanol–water partition coefficient (Wildman–Crippen LogP) is 1.56. The molecular formula is C15H21ClN2O3. The van der Waals surface area contributed by atoms with Crippen molar-refractivity contribution in [3.05, 3.63) is 34.3 Å². The summed E-state index contributed by atoms with van der Waals surface area (Å²) in [6, 6.07) is 5.91. The third-order valence-corrected chi connectivity index (χ3v) is 3.94. The monoisotopic (exact) mass is 312 g/mol. The highest BCUT2D eigenvalue weighted by Crippen LogP contribution is 2.21. The van der Waals surface area contributed by atoms with Gasteiger partial charge < -0.3 is 15.2 Å². The molecule has 0 aromatic heterocycles. The molecule has 0 saturated carbocycles. The summed E-state index contributed by atoms with van der Waals surface area (Å²) < 4.78 is 10.3. The summed E-state index contributed by atoms with van der Waals surface area (Å²) in [5.41, 5.74) is 7.69. The maximum absolute atomic E-state index is 11.3. The van der Waals surface area contributed by atoms with E-state index in [2.05, 4.69) is 9.64 Å². The molecule has 1 aromatic rings. The third-order valence-electron chi connectivity index (χ3n) is 3.59. The molecular weight excluding hydrogens is 292 g/mol. The number of rotatable bonds is 5. The molecule has 1 saturated heterocycles. The van der Waals surface area contributed by atoms with E-state index in [1.807, 2.05) is 18.2 Å². The summed E-state index contributed by atoms with van der Waals surface area (Å²) in [5.74, 6) is -0.243. The summed E-state index contributed by atoms with van der Waals surface area (Å²) in [5, 5.41) is 0.731. The van der Waals surface area contributed by atoms with Gasteiger partial charge in [0, 0.05) is 31.2 Å². The quantitative estimate of drug-likeness (QED) is 0.836. The lowest BCUT2D eigenvalue weighted by atomic mass is 10.1. The molecule has 1 heterocycles. The Balaban J connectivity index is 1.94. The largest absolute Gasteiger partial charge is 0.469 e. The number of halogens is 1. The van der Waals surface area contributed by atoms with Gasteiger partial charge in [-0.05, 0) is 17.2 Å². The Morgan fingerprint density at radius 2 is 2.38 bits per heavy atom. The van der Waals surface area contributed by atoms with Crippen molar-refractivity contribution in [3.63, 3.8) is 0 Å². The standard InChI is InChI=1S/C15H21ClN2O3/c1-20-15(19)7-13-10-18(4-5-21-13)9-12-3-2-11(8-17)6-14(12)16/h2-3,6,13H,4-5,7-10,17H2,1H3. The van der Waals surface area contributed by atoms with E-state index in [1.165, 1.54) is 7.11 Å². The van der Waals surface area contributed by atoms with Crippen molar-refractivity contribution in [1.29, 1.82) is 0 Å². The van der Waals surface area contributed by atoms with Crippen LogP contribution < -0.4 is 5.73 Å². The molecule has 5 nitrogen and oxygen atoms in total. The molecule has 2 N–H and O–H groups in total. The number of carbonyl (C=O) groups is 1. The Morgan fingerprint density at radius 3 is 3.05 bits per heavy atom. The topological polar surface area (TPSA) is 64.8 Å². The predicted molar refractivity (Wildman–Crippen MR) is 81.0 cm³/mol. The first kappa shape index (κ1) is 16.2. The molecule has 1 atom stereocenters. The van der Waals surface area contributed by atoms with E-state index in [4.69, 9.17) is 22.1 Å². The number of methoxy groups -OCH3 is 1. The second-order valence-corrected chi connectivity index (χ2v) is 5.55. The van der Waals surface area contributed by atoms with Crippen molar-refractivity contribution >= 4 is 17.6 Å². The highest BCUT2D eigenvalue weighted by Gasteiger charge is 2.23. The van der Waals surface area contributed by atoms with Gasteiger partial charge >= 0.3 is 5.97 Å². The van der Waals surface area contributed by atoms with Crippen molar-refractivity contribution in [1.82, 2.24) is 4.90 Å². The average molecular weight is 313 g/mol. The van der Waals surface area contributed by atoms with Crippen molar-refractivity contribution in [3.8, 4) is 0 Å². The molecule has 1 fully saturated rings. The lowest BCUT2D eigenvalue weighted by molar-refractivity contribution is -0.145. The smallest absolute Gasteiger partial charge is 0.308 e. The number of hydrogen-bond acceptors (Lipinski definition) is 5. The highest BCUT2D eigenvalue weighted by atomic mass is 35.5. The van der Waals surface area contributed by atoms with Crippen LogP contribution in [0, 0.1) is 0 Å². The van der Waals surface area contributed by atoms with Crippen molar-refractivity contribution in [2.24, 2.45) is 5.73 Å². The fourth-order valence-electron chi connectivity index (χ4n) is 2.40. The molecule has 0 aliphatic carbocycles. The summed E-state index contributed by atoms with van der Waals surface area (Å²) in [4.78, 5) is 13.6. The lowest BCUT2D eigenvalue weighted by Crippen LogP contribution is -2.42. The van der Waals surface area contributed by atoms with Crippen LogP contribution in [-0.4, -0.2) is 43.8 Å². The second kappa shape index (κ2) is 7.75. The number of hydrogen-bond donors (Lipinski definition) is 1. The van der Waals surface area contributed by atoms with Crippen LogP contribution in [0.2, 0.25) is 5.02 Å². The van der Waals surface area contributed by atoms with Gasteiger partial charge in [-0.2, -0.15) is 0 Å². The maximum atomic E-state index is 11.3. The van der Waals surface area contributed by atoms with Crippen LogP contribution >= 0.6 is 11.6 Å². The van der Waals surface area contributed by atoms with Gasteiger partial charge in [-0.25, -0.2) is 0 Å². The lowest BCUT2D eigenvalue weighted by Gasteiger charge is -2.32. The summed E-state index contributed by atoms with van der Waals surface area (Å²) in [6.07, 6.45) is 0.167. The van der Waals surface area contributed by atoms with E-state index in [0.29, 0.717) is 19.7 Å². The van der Waals surface area contributed by atoms with E-state index >= 15 is 0 Å². The number of nitrogens with zero attached hydrogens (tertiary/aromatic N) is 1. The second-order valence-electron chi connectivity index (χ2n) is 5.14. The van der Waals surface area contributed by atoms with Gasteiger partial charge in [-0.15, -0.1) is 0 Å². The fraction of sp³-hybridized carbons (Fsp3) is 0.533. The Kier molecular flexibility index (Phi) is 5.99. The van der Waals surface area contributed by atoms with Crippen molar-refractivity contribution < 1.29 is 14.3 Å². The van der Waals surface area contributed by atoms with Gasteiger partial charge in [0.2, 0.25) is 0 Å². The van der Waals surface area contributed by atoms with Gasteiger partial charge in [0.15, 0.2) is 0 Å². The third kappa shape index (κ3) is 4.68. The Hall–Kier alpha value is -1.14. The van der Waals surface area contributed by atoms with E-state index < -0.39 is 0 Å². The number of esters is 1. The summed E-state index contributed by atoms with van der Waals surface area (Å²) >= 11 is 6.28. The molecule has 1 unspecified atom stereocenters. The molecule has 1 aliphatic heterocycles. The van der Waals surface area contributed by atoms with Gasteiger partial charge in [0.05, 0.1) is 26.2 Å². The Labute approximate surface area is 130 Å². The zero-order valence-corrected chi connectivity index (χ0v) is 12.9. The number of carbonyl (C=O) groups excluding carboxylic acids is 1. The minimum Gasteiger partial charge on any atom is -0.469 e. The Morgan fingerprint density at radius 1 is 1.57 bits per heavy atom. The van der Waals surface area contributed by atoms with E-state index in [0.717, 1.165) is 29.2 Å². The van der Waals surface area contributed by atoms with Crippen molar-refractivity contribution in [2.75, 3.05) is 26.8 Å². The number of ether oxygens (including phenoxy) is 2. The van der Waals surface area contributed by atoms with Crippen LogP contribution in [0.5, 0.6) is 0 Å². The van der Waals surface area contributed by atoms with Crippen molar-refractivity contribution in [2.45, 2.75) is 25.6 Å². The minimum atomic E-state index is -0.243. The summed E-state index contributed by atoms with van der Waals surface area (Å²) in [6.45, 7) is 3.36. The van der Waals surface area contributed by atoms with Gasteiger partial charge in [0.1, 0.15) is 0 Å². The highest BCUT2D eigenvalue weighted by molar-refractivity contribution is 6.31. The average Bonchev–Trinajstić information content (AvgIpc) is 2.49. The number of benzene rings is 1. The van der Waals surface area contributed by atoms with Gasteiger partial charge in [-0.3, -0.25) is 9.69 Å². The number of nitrogens with two attached hydrogens (primary N) is 1. The molecule has 0 radical (unpaired) electrons. The maximum Gasteiger partial charge on any atom is 0.308 e. The van der Waals surface area contributed by atoms with E-state index in [1.54, 1.807) is 0 Å². The molecule has 2 rings (SSSR count). The minimum absolute atomic E-state index is 0.117. The van der Waals surface area contributed by atoms with Crippen LogP contribution in [0.15, 0.2) is 18.2 Å². The zero-order chi connectivity index (χ0) is 15.2. The molecule has 116 valence electrons. The molecule has 1 aromatic carbocycles. The molecule has 21 heavy (non-hydrogen) atoms. The van der Waals surface area contributed by atoms with Crippen LogP contribution in [0.1, 0.15) is 17.5 Å². The van der Waals surface area contributed by atoms with E-state index in [-0.39, 0.29) is 18.5 Å². The summed E-state index contributed by atoms with van der Waals surface area (Å²) in [7, 11) is 1.39. The molecule has 0 amide bonds. The van der Waals surface area contributed by atoms with E-state index in [9.17, 15) is 4.79 Å². The van der Waals surface area contributed by atoms with Gasteiger partial charge in [-0.1, -0.05) is 23.7 Å². The zero-order valence-electron chi connectivity index (χ0n) is 12.2. The Bertz CT molecular complexity index is 496. The van der Waals surface area contributed by atoms with Crippen LogP contribution in [0.25, 0.3) is 0 Å². The van der Waals surface area contributed by atoms with Crippen LogP contribution in [0.3, 0.4) is 0 Å². The molecule has 0 spiro atoms. The van der Waals surface area contributed by atoms with Crippen LogP contribution in [0.4, 0.5) is 0 Å². The molecule has 0 bridgehead atoms.